The van der Waals surface area contributed by atoms with E-state index in [4.69, 9.17) is 9.47 Å². The van der Waals surface area contributed by atoms with Gasteiger partial charge in [0.2, 0.25) is 0 Å². The molecule has 0 saturated carbocycles. The number of aliphatic carboxylic acids is 1. The van der Waals surface area contributed by atoms with Crippen LogP contribution < -0.4 is 5.11 Å². The molecular weight excluding hydrogens is 400 g/mol. The van der Waals surface area contributed by atoms with E-state index in [0.717, 1.165) is 32.1 Å². The second-order valence-corrected chi connectivity index (χ2v) is 9.04. The number of carboxylic acid groups (broad SMARTS) is 1. The number of aliphatic hydroxyl groups excluding tert-OH is 2. The Kier molecular flexibility index (Phi) is 15.0. The minimum Gasteiger partial charge on any atom is -0.550 e. The van der Waals surface area contributed by atoms with Gasteiger partial charge < -0.3 is 29.6 Å². The third kappa shape index (κ3) is 13.9. The third-order valence-electron chi connectivity index (χ3n) is 5.96. The molecule has 7 nitrogen and oxygen atoms in total. The van der Waals surface area contributed by atoms with Crippen molar-refractivity contribution in [1.29, 1.82) is 0 Å². The van der Waals surface area contributed by atoms with Crippen LogP contribution in [0.2, 0.25) is 0 Å². The maximum absolute atomic E-state index is 11.2. The summed E-state index contributed by atoms with van der Waals surface area (Å²) in [5.74, 6) is -1.51. The average Bonchev–Trinajstić information content (AvgIpc) is 2.69. The van der Waals surface area contributed by atoms with Crippen molar-refractivity contribution < 1.29 is 34.4 Å². The number of carboxylic acids is 1. The van der Waals surface area contributed by atoms with Gasteiger partial charge >= 0.3 is 0 Å². The fourth-order valence-electron chi connectivity index (χ4n) is 3.96. The molecule has 0 amide bonds. The van der Waals surface area contributed by atoms with Crippen LogP contribution >= 0.6 is 0 Å². The maximum Gasteiger partial charge on any atom is 0.184 e. The molecule has 1 rings (SSSR count). The van der Waals surface area contributed by atoms with Gasteiger partial charge in [-0.05, 0) is 26.7 Å². The predicted molar refractivity (Wildman–Crippen MR) is 116 cm³/mol. The number of carbonyl (C=O) groups excluding carboxylic acids is 2. The molecule has 0 aromatic rings. The molecule has 182 valence electrons. The molecule has 0 unspecified atom stereocenters. The van der Waals surface area contributed by atoms with Crippen LogP contribution in [0.3, 0.4) is 0 Å². The Bertz CT molecular complexity index is 496. The summed E-state index contributed by atoms with van der Waals surface area (Å²) in [5.41, 5.74) is 0. The Morgan fingerprint density at radius 3 is 2.00 bits per heavy atom. The summed E-state index contributed by atoms with van der Waals surface area (Å²) in [6.45, 7) is 3.80. The number of aliphatic hydroxyl groups is 2. The van der Waals surface area contributed by atoms with Crippen molar-refractivity contribution in [2.45, 2.75) is 141 Å². The first-order chi connectivity index (χ1) is 14.8. The molecule has 5 atom stereocenters. The van der Waals surface area contributed by atoms with Gasteiger partial charge in [-0.1, -0.05) is 64.2 Å². The number of ketones is 1. The number of hydrogen-bond donors (Lipinski definition) is 2. The predicted octanol–water partition coefficient (Wildman–Crippen LogP) is 3.03. The van der Waals surface area contributed by atoms with E-state index in [-0.39, 0.29) is 18.0 Å². The smallest absolute Gasteiger partial charge is 0.184 e. The molecule has 1 aliphatic heterocycles. The zero-order chi connectivity index (χ0) is 23.1. The molecule has 1 fully saturated rings. The van der Waals surface area contributed by atoms with Crippen LogP contribution in [-0.4, -0.2) is 52.7 Å². The van der Waals surface area contributed by atoms with E-state index in [1.54, 1.807) is 6.92 Å². The number of Topliss-reactive ketones (excluding diaryl/α,β-unsaturated/α-hetero) is 1. The summed E-state index contributed by atoms with van der Waals surface area (Å²) < 4.78 is 11.4. The van der Waals surface area contributed by atoms with Gasteiger partial charge in [-0.2, -0.15) is 0 Å². The molecule has 1 saturated heterocycles. The van der Waals surface area contributed by atoms with Crippen molar-refractivity contribution in [2.75, 3.05) is 0 Å². The molecule has 0 spiro atoms. The fourth-order valence-corrected chi connectivity index (χ4v) is 3.96. The lowest BCUT2D eigenvalue weighted by Crippen LogP contribution is -2.48. The lowest BCUT2D eigenvalue weighted by molar-refractivity contribution is -0.304. The maximum atomic E-state index is 11.2. The molecule has 0 aromatic heterocycles. The van der Waals surface area contributed by atoms with Crippen molar-refractivity contribution >= 4 is 11.8 Å². The zero-order valence-electron chi connectivity index (χ0n) is 19.4. The van der Waals surface area contributed by atoms with Gasteiger partial charge in [0.25, 0.3) is 0 Å². The second-order valence-electron chi connectivity index (χ2n) is 9.04. The van der Waals surface area contributed by atoms with Crippen molar-refractivity contribution in [2.24, 2.45) is 0 Å². The summed E-state index contributed by atoms with van der Waals surface area (Å²) in [6.07, 6.45) is 11.3. The van der Waals surface area contributed by atoms with Gasteiger partial charge in [0, 0.05) is 25.2 Å². The zero-order valence-corrected chi connectivity index (χ0v) is 19.4. The third-order valence-corrected chi connectivity index (χ3v) is 5.96. The van der Waals surface area contributed by atoms with E-state index in [0.29, 0.717) is 12.8 Å². The van der Waals surface area contributed by atoms with Gasteiger partial charge in [0.15, 0.2) is 6.29 Å². The minimum absolute atomic E-state index is 0.0261. The molecule has 1 heterocycles. The molecule has 2 N–H and O–H groups in total. The Morgan fingerprint density at radius 2 is 1.45 bits per heavy atom. The Hall–Kier alpha value is -1.02. The Labute approximate surface area is 187 Å². The molecule has 7 heteroatoms. The highest BCUT2D eigenvalue weighted by Crippen LogP contribution is 2.23. The van der Waals surface area contributed by atoms with E-state index in [2.05, 4.69) is 0 Å². The highest BCUT2D eigenvalue weighted by Gasteiger charge is 2.35. The van der Waals surface area contributed by atoms with Gasteiger partial charge in [-0.3, -0.25) is 4.79 Å². The summed E-state index contributed by atoms with van der Waals surface area (Å²) in [4.78, 5) is 21.6. The lowest BCUT2D eigenvalue weighted by atomic mass is 10.0. The normalized spacial score (nSPS) is 24.8. The van der Waals surface area contributed by atoms with Gasteiger partial charge in [0.1, 0.15) is 11.9 Å². The van der Waals surface area contributed by atoms with Gasteiger partial charge in [0.05, 0.1) is 18.3 Å². The lowest BCUT2D eigenvalue weighted by Gasteiger charge is -2.36. The fraction of sp³-hybridized carbons (Fsp3) is 0.917. The molecule has 31 heavy (non-hydrogen) atoms. The van der Waals surface area contributed by atoms with Crippen LogP contribution in [0.5, 0.6) is 0 Å². The van der Waals surface area contributed by atoms with Crippen LogP contribution in [0.4, 0.5) is 0 Å². The topological polar surface area (TPSA) is 116 Å². The second kappa shape index (κ2) is 16.6. The van der Waals surface area contributed by atoms with Crippen molar-refractivity contribution in [3.05, 3.63) is 0 Å². The number of carbonyl (C=O) groups is 2. The number of unbranched alkanes of at least 4 members (excludes halogenated alkanes) is 10. The van der Waals surface area contributed by atoms with Crippen LogP contribution in [-0.2, 0) is 19.1 Å². The molecule has 0 bridgehead atoms. The molecular formula is C24H43O7-. The van der Waals surface area contributed by atoms with Crippen molar-refractivity contribution in [3.8, 4) is 0 Å². The van der Waals surface area contributed by atoms with Crippen LogP contribution in [0.1, 0.15) is 110 Å². The van der Waals surface area contributed by atoms with E-state index in [1.807, 2.05) is 6.92 Å². The summed E-state index contributed by atoms with van der Waals surface area (Å²) in [6, 6.07) is 0. The van der Waals surface area contributed by atoms with E-state index < -0.39 is 30.9 Å². The van der Waals surface area contributed by atoms with Crippen molar-refractivity contribution in [1.82, 2.24) is 0 Å². The summed E-state index contributed by atoms with van der Waals surface area (Å²) >= 11 is 0. The van der Waals surface area contributed by atoms with Crippen LogP contribution in [0, 0.1) is 0 Å². The first-order valence-electron chi connectivity index (χ1n) is 12.2. The average molecular weight is 444 g/mol. The van der Waals surface area contributed by atoms with Gasteiger partial charge in [-0.25, -0.2) is 0 Å². The SMILES string of the molecule is C[C@H](CCCCCCCCCCCCCC(=O)CC(=O)[O-])O[C@@H]1O[C@@H](C)[C@H](O)C[C@H]1O. The number of ether oxygens (including phenoxy) is 2. The number of hydrogen-bond acceptors (Lipinski definition) is 7. The van der Waals surface area contributed by atoms with E-state index >= 15 is 0 Å². The number of rotatable bonds is 18. The first-order valence-corrected chi connectivity index (χ1v) is 12.2. The Morgan fingerprint density at radius 1 is 0.935 bits per heavy atom. The summed E-state index contributed by atoms with van der Waals surface area (Å²) in [5, 5.41) is 30.0. The molecule has 0 aliphatic carbocycles. The highest BCUT2D eigenvalue weighted by atomic mass is 16.7. The van der Waals surface area contributed by atoms with Crippen molar-refractivity contribution in [3.63, 3.8) is 0 Å². The monoisotopic (exact) mass is 443 g/mol. The largest absolute Gasteiger partial charge is 0.550 e. The molecule has 0 radical (unpaired) electrons. The van der Waals surface area contributed by atoms with E-state index in [9.17, 15) is 24.9 Å². The van der Waals surface area contributed by atoms with E-state index in [1.165, 1.54) is 44.9 Å². The van der Waals surface area contributed by atoms with Crippen LogP contribution in [0.25, 0.3) is 0 Å². The Balaban J connectivity index is 1.87. The summed E-state index contributed by atoms with van der Waals surface area (Å²) in [7, 11) is 0. The van der Waals surface area contributed by atoms with Gasteiger partial charge in [-0.15, -0.1) is 0 Å². The molecule has 1 aliphatic rings. The quantitative estimate of drug-likeness (QED) is 0.247. The van der Waals surface area contributed by atoms with Crippen LogP contribution in [0.15, 0.2) is 0 Å². The first kappa shape index (κ1) is 28.0. The highest BCUT2D eigenvalue weighted by molar-refractivity contribution is 5.93. The minimum atomic E-state index is -1.28. The standard InChI is InChI=1S/C24H44O7/c1-18(30-24-22(27)17-21(26)19(2)31-24)14-12-10-8-6-4-3-5-7-9-11-13-15-20(25)16-23(28)29/h18-19,21-22,24,26-27H,3-17H2,1-2H3,(H,28,29)/p-1/t18-,19+,21-,22-,24-/m1/s1. The molecule has 0 aromatic carbocycles.